The van der Waals surface area contributed by atoms with Gasteiger partial charge in [0.15, 0.2) is 0 Å². The summed E-state index contributed by atoms with van der Waals surface area (Å²) in [6, 6.07) is 12.9. The van der Waals surface area contributed by atoms with E-state index in [0.29, 0.717) is 27.5 Å². The molecule has 0 amide bonds. The van der Waals surface area contributed by atoms with Crippen LogP contribution in [0.3, 0.4) is 0 Å². The molecule has 3 aromatic rings. The van der Waals surface area contributed by atoms with E-state index in [1.807, 2.05) is 37.3 Å². The highest BCUT2D eigenvalue weighted by Gasteiger charge is 2.13. The van der Waals surface area contributed by atoms with E-state index in [9.17, 15) is 5.11 Å². The van der Waals surface area contributed by atoms with Crippen LogP contribution in [0, 0.1) is 6.92 Å². The van der Waals surface area contributed by atoms with Gasteiger partial charge in [-0.05, 0) is 42.3 Å². The molecule has 0 radical (unpaired) electrons. The lowest BCUT2D eigenvalue weighted by atomic mass is 10.1. The zero-order chi connectivity index (χ0) is 15.5. The molecule has 0 aliphatic rings. The minimum absolute atomic E-state index is 0.137. The van der Waals surface area contributed by atoms with Gasteiger partial charge < -0.3 is 9.52 Å². The van der Waals surface area contributed by atoms with Crippen LogP contribution in [0.2, 0.25) is 5.02 Å². The lowest BCUT2D eigenvalue weighted by Crippen LogP contribution is -1.80. The number of halogens is 1. The van der Waals surface area contributed by atoms with Crippen molar-refractivity contribution in [1.82, 2.24) is 10.2 Å². The first-order chi connectivity index (χ1) is 10.6. The van der Waals surface area contributed by atoms with Crippen LogP contribution in [0.25, 0.3) is 11.5 Å². The first-order valence-corrected chi connectivity index (χ1v) is 7.99. The molecule has 2 aromatic carbocycles. The molecule has 0 atom stereocenters. The number of phenolic OH excluding ortho intramolecular Hbond substituents is 1. The molecule has 0 unspecified atom stereocenters. The maximum atomic E-state index is 9.94. The highest BCUT2D eigenvalue weighted by molar-refractivity contribution is 7.98. The van der Waals surface area contributed by atoms with Crippen LogP contribution < -0.4 is 0 Å². The van der Waals surface area contributed by atoms with Crippen molar-refractivity contribution < 1.29 is 9.52 Å². The molecule has 22 heavy (non-hydrogen) atoms. The molecule has 112 valence electrons. The lowest BCUT2D eigenvalue weighted by Gasteiger charge is -2.00. The summed E-state index contributed by atoms with van der Waals surface area (Å²) in [6.45, 7) is 1.91. The molecular weight excluding hydrogens is 320 g/mol. The normalized spacial score (nSPS) is 10.8. The number of aromatic hydroxyl groups is 1. The Hall–Kier alpha value is -1.98. The van der Waals surface area contributed by atoms with E-state index in [0.717, 1.165) is 11.1 Å². The number of thioether (sulfide) groups is 1. The number of aryl methyl sites for hydroxylation is 1. The van der Waals surface area contributed by atoms with E-state index in [4.69, 9.17) is 16.0 Å². The Morgan fingerprint density at radius 2 is 1.91 bits per heavy atom. The Morgan fingerprint density at radius 1 is 1.14 bits per heavy atom. The average Bonchev–Trinajstić information content (AvgIpc) is 2.95. The summed E-state index contributed by atoms with van der Waals surface area (Å²) in [5, 5.41) is 19.1. The first kappa shape index (κ1) is 14.9. The second-order valence-corrected chi connectivity index (χ2v) is 6.17. The fraction of sp³-hybridized carbons (Fsp3) is 0.125. The second-order valence-electron chi connectivity index (χ2n) is 4.81. The highest BCUT2D eigenvalue weighted by atomic mass is 35.5. The number of rotatable bonds is 4. The molecule has 0 spiro atoms. The standard InChI is InChI=1S/C16H13ClN2O2S/c1-10-2-7-13(14(20)8-10)15-18-19-16(21-15)22-9-11-3-5-12(17)6-4-11/h2-8,20H,9H2,1H3. The fourth-order valence-electron chi connectivity index (χ4n) is 1.93. The molecule has 0 saturated heterocycles. The van der Waals surface area contributed by atoms with Gasteiger partial charge in [0.1, 0.15) is 5.75 Å². The highest BCUT2D eigenvalue weighted by Crippen LogP contribution is 2.31. The van der Waals surface area contributed by atoms with Gasteiger partial charge in [0.05, 0.1) is 5.56 Å². The van der Waals surface area contributed by atoms with Gasteiger partial charge in [0, 0.05) is 10.8 Å². The fourth-order valence-corrected chi connectivity index (χ4v) is 2.77. The molecule has 0 saturated carbocycles. The van der Waals surface area contributed by atoms with E-state index in [2.05, 4.69) is 10.2 Å². The van der Waals surface area contributed by atoms with E-state index < -0.39 is 0 Å². The molecule has 1 N–H and O–H groups in total. The lowest BCUT2D eigenvalue weighted by molar-refractivity contribution is 0.452. The molecule has 1 heterocycles. The molecule has 0 aliphatic heterocycles. The van der Waals surface area contributed by atoms with E-state index >= 15 is 0 Å². The van der Waals surface area contributed by atoms with Crippen LogP contribution in [0.4, 0.5) is 0 Å². The Kier molecular flexibility index (Phi) is 4.36. The van der Waals surface area contributed by atoms with Crippen molar-refractivity contribution in [3.05, 3.63) is 58.6 Å². The van der Waals surface area contributed by atoms with Crippen molar-refractivity contribution in [2.24, 2.45) is 0 Å². The summed E-state index contributed by atoms with van der Waals surface area (Å²) in [7, 11) is 0. The minimum atomic E-state index is 0.137. The van der Waals surface area contributed by atoms with Crippen LogP contribution in [0.5, 0.6) is 5.75 Å². The summed E-state index contributed by atoms with van der Waals surface area (Å²) < 4.78 is 5.59. The molecule has 0 fully saturated rings. The number of aromatic nitrogens is 2. The van der Waals surface area contributed by atoms with Crippen molar-refractivity contribution in [1.29, 1.82) is 0 Å². The Labute approximate surface area is 137 Å². The summed E-state index contributed by atoms with van der Waals surface area (Å²) in [5.41, 5.74) is 2.63. The quantitative estimate of drug-likeness (QED) is 0.702. The first-order valence-electron chi connectivity index (χ1n) is 6.62. The van der Waals surface area contributed by atoms with Crippen LogP contribution in [0.1, 0.15) is 11.1 Å². The zero-order valence-electron chi connectivity index (χ0n) is 11.8. The van der Waals surface area contributed by atoms with Crippen molar-refractivity contribution in [3.8, 4) is 17.2 Å². The van der Waals surface area contributed by atoms with Gasteiger partial charge >= 0.3 is 0 Å². The summed E-state index contributed by atoms with van der Waals surface area (Å²) in [5.74, 6) is 1.16. The topological polar surface area (TPSA) is 59.2 Å². The van der Waals surface area contributed by atoms with E-state index in [-0.39, 0.29) is 5.75 Å². The molecule has 1 aromatic heterocycles. The maximum Gasteiger partial charge on any atom is 0.277 e. The van der Waals surface area contributed by atoms with Crippen LogP contribution >= 0.6 is 23.4 Å². The van der Waals surface area contributed by atoms with Crippen molar-refractivity contribution in [3.63, 3.8) is 0 Å². The number of hydrogen-bond acceptors (Lipinski definition) is 5. The third-order valence-corrected chi connectivity index (χ3v) is 4.21. The van der Waals surface area contributed by atoms with Crippen molar-refractivity contribution in [2.45, 2.75) is 17.9 Å². The smallest absolute Gasteiger partial charge is 0.277 e. The van der Waals surface area contributed by atoms with Crippen LogP contribution in [0.15, 0.2) is 52.1 Å². The summed E-state index contributed by atoms with van der Waals surface area (Å²) in [6.07, 6.45) is 0. The maximum absolute atomic E-state index is 9.94. The monoisotopic (exact) mass is 332 g/mol. The summed E-state index contributed by atoms with van der Waals surface area (Å²) in [4.78, 5) is 0. The third-order valence-electron chi connectivity index (χ3n) is 3.07. The predicted octanol–water partition coefficient (Wildman–Crippen LogP) is 4.70. The molecule has 4 nitrogen and oxygen atoms in total. The number of nitrogens with zero attached hydrogens (tertiary/aromatic N) is 2. The van der Waals surface area contributed by atoms with Gasteiger partial charge in [-0.2, -0.15) is 0 Å². The predicted molar refractivity (Wildman–Crippen MR) is 87.1 cm³/mol. The minimum Gasteiger partial charge on any atom is -0.507 e. The Bertz CT molecular complexity index is 787. The Morgan fingerprint density at radius 3 is 2.64 bits per heavy atom. The van der Waals surface area contributed by atoms with Gasteiger partial charge in [-0.1, -0.05) is 41.6 Å². The van der Waals surface area contributed by atoms with E-state index in [1.54, 1.807) is 12.1 Å². The molecular formula is C16H13ClN2O2S. The average molecular weight is 333 g/mol. The molecule has 0 bridgehead atoms. The largest absolute Gasteiger partial charge is 0.507 e. The van der Waals surface area contributed by atoms with Gasteiger partial charge in [0.2, 0.25) is 0 Å². The molecule has 6 heteroatoms. The van der Waals surface area contributed by atoms with E-state index in [1.165, 1.54) is 11.8 Å². The zero-order valence-corrected chi connectivity index (χ0v) is 13.4. The van der Waals surface area contributed by atoms with Gasteiger partial charge in [-0.25, -0.2) is 0 Å². The van der Waals surface area contributed by atoms with Gasteiger partial charge in [0.25, 0.3) is 11.1 Å². The number of phenols is 1. The summed E-state index contributed by atoms with van der Waals surface area (Å²) >= 11 is 7.29. The SMILES string of the molecule is Cc1ccc(-c2nnc(SCc3ccc(Cl)cc3)o2)c(O)c1. The van der Waals surface area contributed by atoms with Crippen LogP contribution in [-0.4, -0.2) is 15.3 Å². The van der Waals surface area contributed by atoms with Crippen LogP contribution in [-0.2, 0) is 5.75 Å². The number of benzene rings is 2. The molecule has 0 aliphatic carbocycles. The van der Waals surface area contributed by atoms with Crippen molar-refractivity contribution >= 4 is 23.4 Å². The van der Waals surface area contributed by atoms with Crippen molar-refractivity contribution in [2.75, 3.05) is 0 Å². The second kappa shape index (κ2) is 6.42. The third kappa shape index (κ3) is 3.43. The number of hydrogen-bond donors (Lipinski definition) is 1. The Balaban J connectivity index is 1.72. The molecule has 3 rings (SSSR count). The van der Waals surface area contributed by atoms with Gasteiger partial charge in [-0.3, -0.25) is 0 Å². The van der Waals surface area contributed by atoms with Gasteiger partial charge in [-0.15, -0.1) is 10.2 Å².